The van der Waals surface area contributed by atoms with E-state index in [1.807, 2.05) is 72.8 Å². The Morgan fingerprint density at radius 3 is 1.76 bits per heavy atom. The summed E-state index contributed by atoms with van der Waals surface area (Å²) in [6.45, 7) is 0. The van der Waals surface area contributed by atoms with Crippen molar-refractivity contribution in [2.24, 2.45) is 0 Å². The molecule has 7 aromatic carbocycles. The van der Waals surface area contributed by atoms with E-state index in [1.54, 1.807) is 0 Å². The highest BCUT2D eigenvalue weighted by Gasteiger charge is 2.19. The third-order valence-electron chi connectivity index (χ3n) is 9.75. The second-order valence-electron chi connectivity index (χ2n) is 12.4. The van der Waals surface area contributed by atoms with E-state index in [0.717, 1.165) is 88.1 Å². The molecule has 226 valence electrons. The molecule has 0 spiro atoms. The maximum Gasteiger partial charge on any atom is 0.137 e. The molecule has 0 aliphatic rings. The normalized spacial score (nSPS) is 11.6. The maximum absolute atomic E-state index is 10.3. The highest BCUT2D eigenvalue weighted by molar-refractivity contribution is 6.17. The van der Waals surface area contributed by atoms with Gasteiger partial charge in [-0.3, -0.25) is 0 Å². The molecule has 3 aromatic heterocycles. The first kappa shape index (κ1) is 27.1. The molecule has 49 heavy (non-hydrogen) atoms. The molecule has 0 atom stereocenters. The fraction of sp³-hybridized carbons (Fsp3) is 0. The first-order chi connectivity index (χ1) is 24.2. The predicted octanol–water partition coefficient (Wildman–Crippen LogP) is 11.2. The third-order valence-corrected chi connectivity index (χ3v) is 9.75. The van der Waals surface area contributed by atoms with Gasteiger partial charge in [0.1, 0.15) is 17.2 Å². The Morgan fingerprint density at radius 2 is 1.06 bits per heavy atom. The number of benzene rings is 7. The Balaban J connectivity index is 1.23. The van der Waals surface area contributed by atoms with Crippen LogP contribution in [0.2, 0.25) is 0 Å². The van der Waals surface area contributed by atoms with Gasteiger partial charge in [-0.1, -0.05) is 78.9 Å². The van der Waals surface area contributed by atoms with Crippen molar-refractivity contribution in [1.82, 2.24) is 9.13 Å². The van der Waals surface area contributed by atoms with Crippen molar-refractivity contribution in [3.8, 4) is 34.6 Å². The fourth-order valence-electron chi connectivity index (χ4n) is 7.61. The SMILES string of the molecule is N#Cc1cc(-c2ccc(C#N)c(-n3c4ccccc4c4ccccc43)c2)cc(-n2c3ccccc3c3cc4c(cc32)oc2ccccc24)c1. The first-order valence-electron chi connectivity index (χ1n) is 16.1. The average molecular weight is 625 g/mol. The van der Waals surface area contributed by atoms with Crippen molar-refractivity contribution >= 4 is 65.6 Å². The molecule has 5 heteroatoms. The Kier molecular flexibility index (Phi) is 5.64. The van der Waals surface area contributed by atoms with E-state index in [9.17, 15) is 10.5 Å². The Bertz CT molecular complexity index is 3030. The van der Waals surface area contributed by atoms with Crippen molar-refractivity contribution in [3.05, 3.63) is 157 Å². The van der Waals surface area contributed by atoms with Crippen molar-refractivity contribution in [2.75, 3.05) is 0 Å². The topological polar surface area (TPSA) is 70.6 Å². The molecule has 0 fully saturated rings. The van der Waals surface area contributed by atoms with Crippen LogP contribution in [0.4, 0.5) is 0 Å². The van der Waals surface area contributed by atoms with Crippen LogP contribution in [-0.4, -0.2) is 9.13 Å². The number of fused-ring (bicyclic) bond motifs is 9. The van der Waals surface area contributed by atoms with Gasteiger partial charge in [-0.25, -0.2) is 0 Å². The summed E-state index contributed by atoms with van der Waals surface area (Å²) < 4.78 is 10.7. The highest BCUT2D eigenvalue weighted by atomic mass is 16.3. The van der Waals surface area contributed by atoms with Crippen LogP contribution in [0.1, 0.15) is 11.1 Å². The molecule has 5 nitrogen and oxygen atoms in total. The lowest BCUT2D eigenvalue weighted by atomic mass is 9.99. The smallest absolute Gasteiger partial charge is 0.137 e. The second kappa shape index (κ2) is 10.2. The number of para-hydroxylation sites is 4. The zero-order valence-corrected chi connectivity index (χ0v) is 26.1. The summed E-state index contributed by atoms with van der Waals surface area (Å²) in [5.41, 5.74) is 10.4. The zero-order valence-electron chi connectivity index (χ0n) is 26.1. The van der Waals surface area contributed by atoms with Crippen LogP contribution in [0.15, 0.2) is 150 Å². The Morgan fingerprint density at radius 1 is 0.429 bits per heavy atom. The number of furan rings is 1. The molecule has 0 unspecified atom stereocenters. The van der Waals surface area contributed by atoms with Crippen LogP contribution in [0.5, 0.6) is 0 Å². The van der Waals surface area contributed by atoms with Gasteiger partial charge >= 0.3 is 0 Å². The fourth-order valence-corrected chi connectivity index (χ4v) is 7.61. The van der Waals surface area contributed by atoms with Gasteiger partial charge in [0.2, 0.25) is 0 Å². The van der Waals surface area contributed by atoms with Gasteiger partial charge < -0.3 is 13.6 Å². The summed E-state index contributed by atoms with van der Waals surface area (Å²) in [6.07, 6.45) is 0. The third kappa shape index (κ3) is 3.91. The van der Waals surface area contributed by atoms with E-state index >= 15 is 0 Å². The molecule has 0 saturated heterocycles. The molecule has 0 aliphatic carbocycles. The molecule has 10 aromatic rings. The van der Waals surface area contributed by atoms with Crippen molar-refractivity contribution in [3.63, 3.8) is 0 Å². The average Bonchev–Trinajstić information content (AvgIpc) is 3.80. The molecule has 0 bridgehead atoms. The lowest BCUT2D eigenvalue weighted by molar-refractivity contribution is 0.669. The van der Waals surface area contributed by atoms with Crippen LogP contribution in [0.3, 0.4) is 0 Å². The number of nitrogens with zero attached hydrogens (tertiary/aromatic N) is 4. The van der Waals surface area contributed by atoms with Gasteiger partial charge in [0, 0.05) is 44.1 Å². The minimum absolute atomic E-state index is 0.547. The Hall–Kier alpha value is -7.08. The summed E-state index contributed by atoms with van der Waals surface area (Å²) in [4.78, 5) is 0. The minimum Gasteiger partial charge on any atom is -0.456 e. The van der Waals surface area contributed by atoms with Crippen molar-refractivity contribution < 1.29 is 4.42 Å². The van der Waals surface area contributed by atoms with Crippen molar-refractivity contribution in [1.29, 1.82) is 10.5 Å². The quantitative estimate of drug-likeness (QED) is 0.196. The van der Waals surface area contributed by atoms with E-state index in [-0.39, 0.29) is 0 Å². The van der Waals surface area contributed by atoms with Gasteiger partial charge in [-0.05, 0) is 71.8 Å². The lowest BCUT2D eigenvalue weighted by Gasteiger charge is -2.14. The molecule has 10 rings (SSSR count). The largest absolute Gasteiger partial charge is 0.456 e. The Labute approximate surface area is 280 Å². The predicted molar refractivity (Wildman–Crippen MR) is 197 cm³/mol. The molecule has 0 radical (unpaired) electrons. The molecule has 0 aliphatic heterocycles. The molecular weight excluding hydrogens is 601 g/mol. The molecule has 0 N–H and O–H groups in total. The summed E-state index contributed by atoms with van der Waals surface area (Å²) >= 11 is 0. The molecule has 0 amide bonds. The highest BCUT2D eigenvalue weighted by Crippen LogP contribution is 2.40. The number of nitriles is 2. The monoisotopic (exact) mass is 624 g/mol. The maximum atomic E-state index is 10.3. The van der Waals surface area contributed by atoms with Gasteiger partial charge in [-0.15, -0.1) is 0 Å². The second-order valence-corrected chi connectivity index (χ2v) is 12.4. The molecular formula is C44H24N4O. The van der Waals surface area contributed by atoms with E-state index < -0.39 is 0 Å². The zero-order chi connectivity index (χ0) is 32.6. The lowest BCUT2D eigenvalue weighted by Crippen LogP contribution is -1.99. The van der Waals surface area contributed by atoms with Crippen molar-refractivity contribution in [2.45, 2.75) is 0 Å². The number of rotatable bonds is 3. The summed E-state index contributed by atoms with van der Waals surface area (Å²) in [6, 6.07) is 54.2. The van der Waals surface area contributed by atoms with Gasteiger partial charge in [0.15, 0.2) is 0 Å². The van der Waals surface area contributed by atoms with E-state index in [2.05, 4.69) is 94.1 Å². The van der Waals surface area contributed by atoms with Crippen LogP contribution in [0.25, 0.3) is 88.1 Å². The summed E-state index contributed by atoms with van der Waals surface area (Å²) in [5, 5.41) is 27.2. The number of aromatic nitrogens is 2. The minimum atomic E-state index is 0.547. The number of hydrogen-bond donors (Lipinski definition) is 0. The summed E-state index contributed by atoms with van der Waals surface area (Å²) in [5.74, 6) is 0. The van der Waals surface area contributed by atoms with Gasteiger partial charge in [-0.2, -0.15) is 10.5 Å². The van der Waals surface area contributed by atoms with Gasteiger partial charge in [0.05, 0.1) is 45.0 Å². The van der Waals surface area contributed by atoms with E-state index in [1.165, 1.54) is 0 Å². The summed E-state index contributed by atoms with van der Waals surface area (Å²) in [7, 11) is 0. The van der Waals surface area contributed by atoms with Crippen LogP contribution in [-0.2, 0) is 0 Å². The van der Waals surface area contributed by atoms with Crippen LogP contribution >= 0.6 is 0 Å². The first-order valence-corrected chi connectivity index (χ1v) is 16.1. The molecule has 3 heterocycles. The van der Waals surface area contributed by atoms with Crippen LogP contribution < -0.4 is 0 Å². The van der Waals surface area contributed by atoms with E-state index in [0.29, 0.717) is 11.1 Å². The van der Waals surface area contributed by atoms with Crippen LogP contribution in [0, 0.1) is 22.7 Å². The standard InChI is InChI=1S/C44H24N4O/c45-25-27-19-30(28-17-18-29(26-46)41(22-28)48-39-14-6-1-9-32(39)33-10-2-7-15-40(33)48)21-31(20-27)47-38-13-5-3-11-34(38)36-23-37-35-12-4-8-16-43(35)49-44(37)24-42(36)47/h1-24H. The molecule has 0 saturated carbocycles. The van der Waals surface area contributed by atoms with E-state index in [4.69, 9.17) is 4.42 Å². The number of hydrogen-bond acceptors (Lipinski definition) is 3. The van der Waals surface area contributed by atoms with Gasteiger partial charge in [0.25, 0.3) is 0 Å².